The normalized spacial score (nSPS) is 19.1. The van der Waals surface area contributed by atoms with Gasteiger partial charge < -0.3 is 9.47 Å². The molecule has 0 radical (unpaired) electrons. The summed E-state index contributed by atoms with van der Waals surface area (Å²) in [6, 6.07) is 4.14. The molecule has 0 amide bonds. The summed E-state index contributed by atoms with van der Waals surface area (Å²) in [5.74, 6) is -0.169. The van der Waals surface area contributed by atoms with Crippen molar-refractivity contribution in [3.63, 3.8) is 0 Å². The summed E-state index contributed by atoms with van der Waals surface area (Å²) < 4.78 is 11.1. The van der Waals surface area contributed by atoms with Gasteiger partial charge in [-0.25, -0.2) is 0 Å². The molecule has 118 valence electrons. The average Bonchev–Trinajstić information content (AvgIpc) is 2.99. The number of rotatable bonds is 6. The average molecular weight is 311 g/mol. The van der Waals surface area contributed by atoms with E-state index in [0.29, 0.717) is 6.54 Å². The second-order valence-electron chi connectivity index (χ2n) is 6.47. The Labute approximate surface area is 131 Å². The first kappa shape index (κ1) is 16.5. The number of carbonyl (C=O) groups excluding carboxylic acids is 1. The largest absolute Gasteiger partial charge is 0.459 e. The Hall–Kier alpha value is -0.910. The van der Waals surface area contributed by atoms with Gasteiger partial charge in [0, 0.05) is 24.6 Å². The summed E-state index contributed by atoms with van der Waals surface area (Å²) >= 11 is 1.71. The van der Waals surface area contributed by atoms with Crippen molar-refractivity contribution in [2.24, 2.45) is 0 Å². The third-order valence-electron chi connectivity index (χ3n) is 3.22. The number of esters is 1. The molecule has 0 aliphatic carbocycles. The van der Waals surface area contributed by atoms with E-state index in [1.165, 1.54) is 4.88 Å². The van der Waals surface area contributed by atoms with Crippen LogP contribution in [0.25, 0.3) is 0 Å². The molecule has 21 heavy (non-hydrogen) atoms. The van der Waals surface area contributed by atoms with Crippen LogP contribution in [0.4, 0.5) is 0 Å². The van der Waals surface area contributed by atoms with Gasteiger partial charge in [0.05, 0.1) is 12.6 Å². The van der Waals surface area contributed by atoms with Crippen LogP contribution in [-0.4, -0.2) is 42.3 Å². The van der Waals surface area contributed by atoms with Crippen molar-refractivity contribution in [2.75, 3.05) is 19.7 Å². The van der Waals surface area contributed by atoms with Gasteiger partial charge in [-0.2, -0.15) is 0 Å². The Morgan fingerprint density at radius 1 is 1.52 bits per heavy atom. The van der Waals surface area contributed by atoms with Gasteiger partial charge in [0.1, 0.15) is 5.60 Å². The maximum Gasteiger partial charge on any atom is 0.320 e. The molecule has 2 heterocycles. The first-order chi connectivity index (χ1) is 9.92. The zero-order valence-electron chi connectivity index (χ0n) is 13.1. The quantitative estimate of drug-likeness (QED) is 0.757. The SMILES string of the molecule is CC(C)(C)OC(=O)CN(Cc1cccs1)CC1CCCO1. The third-order valence-corrected chi connectivity index (χ3v) is 4.08. The Kier molecular flexibility index (Phi) is 5.79. The zero-order valence-corrected chi connectivity index (χ0v) is 13.9. The molecule has 0 bridgehead atoms. The molecular formula is C16H25NO3S. The van der Waals surface area contributed by atoms with Crippen molar-refractivity contribution in [3.8, 4) is 0 Å². The van der Waals surface area contributed by atoms with E-state index in [-0.39, 0.29) is 12.1 Å². The summed E-state index contributed by atoms with van der Waals surface area (Å²) in [5.41, 5.74) is -0.435. The summed E-state index contributed by atoms with van der Waals surface area (Å²) in [5, 5.41) is 2.06. The van der Waals surface area contributed by atoms with E-state index in [0.717, 1.165) is 32.5 Å². The van der Waals surface area contributed by atoms with E-state index in [2.05, 4.69) is 16.3 Å². The highest BCUT2D eigenvalue weighted by Crippen LogP contribution is 2.17. The van der Waals surface area contributed by atoms with Crippen molar-refractivity contribution < 1.29 is 14.3 Å². The summed E-state index contributed by atoms with van der Waals surface area (Å²) in [6.07, 6.45) is 2.44. The molecule has 1 aromatic heterocycles. The van der Waals surface area contributed by atoms with Crippen LogP contribution in [0, 0.1) is 0 Å². The molecule has 0 saturated carbocycles. The lowest BCUT2D eigenvalue weighted by Crippen LogP contribution is -2.38. The topological polar surface area (TPSA) is 38.8 Å². The molecule has 0 spiro atoms. The lowest BCUT2D eigenvalue weighted by atomic mass is 10.2. The van der Waals surface area contributed by atoms with Crippen LogP contribution in [0.15, 0.2) is 17.5 Å². The van der Waals surface area contributed by atoms with Crippen LogP contribution in [0.2, 0.25) is 0 Å². The Bertz CT molecular complexity index is 433. The number of hydrogen-bond donors (Lipinski definition) is 0. The van der Waals surface area contributed by atoms with Gasteiger partial charge in [0.2, 0.25) is 0 Å². The third kappa shape index (κ3) is 6.16. The monoisotopic (exact) mass is 311 g/mol. The maximum atomic E-state index is 12.1. The summed E-state index contributed by atoms with van der Waals surface area (Å²) in [4.78, 5) is 15.5. The first-order valence-electron chi connectivity index (χ1n) is 7.50. The molecule has 1 aliphatic heterocycles. The van der Waals surface area contributed by atoms with E-state index < -0.39 is 5.60 Å². The van der Waals surface area contributed by atoms with Gasteiger partial charge in [-0.15, -0.1) is 11.3 Å². The molecule has 1 unspecified atom stereocenters. The van der Waals surface area contributed by atoms with Gasteiger partial charge in [0.15, 0.2) is 0 Å². The lowest BCUT2D eigenvalue weighted by molar-refractivity contribution is -0.156. The van der Waals surface area contributed by atoms with Crippen LogP contribution < -0.4 is 0 Å². The minimum absolute atomic E-state index is 0.169. The van der Waals surface area contributed by atoms with E-state index >= 15 is 0 Å². The molecular weight excluding hydrogens is 286 g/mol. The van der Waals surface area contributed by atoms with Gasteiger partial charge in [0.25, 0.3) is 0 Å². The predicted octanol–water partition coefficient (Wildman–Crippen LogP) is 3.07. The molecule has 5 heteroatoms. The van der Waals surface area contributed by atoms with Crippen molar-refractivity contribution >= 4 is 17.3 Å². The zero-order chi connectivity index (χ0) is 15.3. The van der Waals surface area contributed by atoms with Crippen molar-refractivity contribution in [2.45, 2.75) is 51.9 Å². The molecule has 0 aromatic carbocycles. The minimum atomic E-state index is -0.435. The molecule has 2 rings (SSSR count). The molecule has 1 fully saturated rings. The standard InChI is InChI=1S/C16H25NO3S/c1-16(2,3)20-15(18)12-17(10-13-6-4-8-19-13)11-14-7-5-9-21-14/h5,7,9,13H,4,6,8,10-12H2,1-3H3. The number of hydrogen-bond acceptors (Lipinski definition) is 5. The summed E-state index contributed by atoms with van der Waals surface area (Å²) in [6.45, 7) is 8.41. The molecule has 4 nitrogen and oxygen atoms in total. The Morgan fingerprint density at radius 2 is 2.33 bits per heavy atom. The number of carbonyl (C=O) groups is 1. The van der Waals surface area contributed by atoms with Crippen LogP contribution in [0.1, 0.15) is 38.5 Å². The second kappa shape index (κ2) is 7.38. The van der Waals surface area contributed by atoms with Crippen molar-refractivity contribution in [3.05, 3.63) is 22.4 Å². The van der Waals surface area contributed by atoms with E-state index in [1.54, 1.807) is 11.3 Å². The first-order valence-corrected chi connectivity index (χ1v) is 8.38. The summed E-state index contributed by atoms with van der Waals surface area (Å²) in [7, 11) is 0. The van der Waals surface area contributed by atoms with E-state index in [1.807, 2.05) is 26.8 Å². The minimum Gasteiger partial charge on any atom is -0.459 e. The highest BCUT2D eigenvalue weighted by atomic mass is 32.1. The fraction of sp³-hybridized carbons (Fsp3) is 0.688. The number of thiophene rings is 1. The van der Waals surface area contributed by atoms with Crippen molar-refractivity contribution in [1.82, 2.24) is 4.90 Å². The predicted molar refractivity (Wildman–Crippen MR) is 84.4 cm³/mol. The lowest BCUT2D eigenvalue weighted by Gasteiger charge is -2.26. The van der Waals surface area contributed by atoms with Gasteiger partial charge >= 0.3 is 5.97 Å². The van der Waals surface area contributed by atoms with Gasteiger partial charge in [-0.3, -0.25) is 9.69 Å². The van der Waals surface area contributed by atoms with Crippen LogP contribution in [0.5, 0.6) is 0 Å². The number of ether oxygens (including phenoxy) is 2. The molecule has 1 saturated heterocycles. The molecule has 1 aromatic rings. The maximum absolute atomic E-state index is 12.1. The van der Waals surface area contributed by atoms with Crippen molar-refractivity contribution in [1.29, 1.82) is 0 Å². The number of nitrogens with zero attached hydrogens (tertiary/aromatic N) is 1. The fourth-order valence-electron chi connectivity index (χ4n) is 2.44. The highest BCUT2D eigenvalue weighted by Gasteiger charge is 2.23. The van der Waals surface area contributed by atoms with E-state index in [9.17, 15) is 4.79 Å². The Morgan fingerprint density at radius 3 is 2.90 bits per heavy atom. The van der Waals surface area contributed by atoms with Crippen LogP contribution >= 0.6 is 11.3 Å². The molecule has 0 N–H and O–H groups in total. The molecule has 1 aliphatic rings. The second-order valence-corrected chi connectivity index (χ2v) is 7.50. The fourth-order valence-corrected chi connectivity index (χ4v) is 3.19. The van der Waals surface area contributed by atoms with Crippen LogP contribution in [-0.2, 0) is 20.8 Å². The van der Waals surface area contributed by atoms with Gasteiger partial charge in [-0.05, 0) is 45.1 Å². The van der Waals surface area contributed by atoms with Crippen LogP contribution in [0.3, 0.4) is 0 Å². The van der Waals surface area contributed by atoms with E-state index in [4.69, 9.17) is 9.47 Å². The molecule has 1 atom stereocenters. The smallest absolute Gasteiger partial charge is 0.320 e. The Balaban J connectivity index is 1.92. The highest BCUT2D eigenvalue weighted by molar-refractivity contribution is 7.09. The van der Waals surface area contributed by atoms with Gasteiger partial charge in [-0.1, -0.05) is 6.07 Å².